The third-order valence-corrected chi connectivity index (χ3v) is 5.99. The van der Waals surface area contributed by atoms with Gasteiger partial charge in [-0.3, -0.25) is 9.80 Å². The summed E-state index contributed by atoms with van der Waals surface area (Å²) in [5, 5.41) is 9.73. The minimum absolute atomic E-state index is 0.740. The van der Waals surface area contributed by atoms with Gasteiger partial charge in [-0.05, 0) is 69.2 Å². The van der Waals surface area contributed by atoms with E-state index in [0.717, 1.165) is 28.6 Å². The molecule has 2 aromatic rings. The topological polar surface area (TPSA) is 50.3 Å². The Balaban J connectivity index is 1.34. The Morgan fingerprint density at radius 3 is 2.88 bits per heavy atom. The first-order valence-electron chi connectivity index (χ1n) is 8.85. The largest absolute Gasteiger partial charge is 0.453 e. The Labute approximate surface area is 147 Å². The maximum absolute atomic E-state index is 6.00. The van der Waals surface area contributed by atoms with Crippen LogP contribution in [0.1, 0.15) is 31.4 Å². The average Bonchev–Trinajstić information content (AvgIpc) is 3.32. The smallest absolute Gasteiger partial charge is 0.198 e. The van der Waals surface area contributed by atoms with Crippen molar-refractivity contribution in [1.29, 1.82) is 0 Å². The summed E-state index contributed by atoms with van der Waals surface area (Å²) in [6.07, 6.45) is 7.09. The van der Waals surface area contributed by atoms with Gasteiger partial charge >= 0.3 is 0 Å². The van der Waals surface area contributed by atoms with Crippen molar-refractivity contribution in [2.45, 2.75) is 48.5 Å². The quantitative estimate of drug-likeness (QED) is 0.829. The summed E-state index contributed by atoms with van der Waals surface area (Å²) in [6, 6.07) is 4.87. The van der Waals surface area contributed by atoms with E-state index in [-0.39, 0.29) is 0 Å². The number of furan rings is 1. The molecule has 7 heteroatoms. The molecule has 2 aliphatic rings. The van der Waals surface area contributed by atoms with Crippen LogP contribution in [-0.4, -0.2) is 56.8 Å². The maximum atomic E-state index is 6.00. The molecule has 2 saturated heterocycles. The van der Waals surface area contributed by atoms with Gasteiger partial charge in [0.2, 0.25) is 0 Å². The van der Waals surface area contributed by atoms with Crippen LogP contribution in [0.5, 0.6) is 0 Å². The normalized spacial score (nSPS) is 23.1. The van der Waals surface area contributed by atoms with Gasteiger partial charge in [0.1, 0.15) is 12.1 Å². The van der Waals surface area contributed by atoms with Crippen molar-refractivity contribution in [2.24, 2.45) is 7.05 Å². The maximum Gasteiger partial charge on any atom is 0.198 e. The lowest BCUT2D eigenvalue weighted by molar-refractivity contribution is 0.104. The highest BCUT2D eigenvalue weighted by atomic mass is 32.2. The van der Waals surface area contributed by atoms with Crippen LogP contribution in [0, 0.1) is 0 Å². The molecular weight excluding hydrogens is 322 g/mol. The van der Waals surface area contributed by atoms with E-state index in [0.29, 0.717) is 0 Å². The number of hydrogen-bond donors (Lipinski definition) is 0. The van der Waals surface area contributed by atoms with Gasteiger partial charge < -0.3 is 8.98 Å². The highest BCUT2D eigenvalue weighted by molar-refractivity contribution is 7.99. The van der Waals surface area contributed by atoms with Crippen LogP contribution in [-0.2, 0) is 13.6 Å². The molecule has 0 N–H and O–H groups in total. The zero-order chi connectivity index (χ0) is 16.4. The van der Waals surface area contributed by atoms with Gasteiger partial charge in [0.05, 0.1) is 6.54 Å². The molecule has 24 heavy (non-hydrogen) atoms. The van der Waals surface area contributed by atoms with Gasteiger partial charge in [-0.2, -0.15) is 0 Å². The molecule has 4 rings (SSSR count). The molecule has 4 heterocycles. The first-order chi connectivity index (χ1) is 11.8. The van der Waals surface area contributed by atoms with Gasteiger partial charge in [0.25, 0.3) is 0 Å². The first-order valence-corrected chi connectivity index (χ1v) is 9.66. The number of aromatic nitrogens is 3. The number of likely N-dealkylation sites (tertiary alicyclic amines) is 2. The van der Waals surface area contributed by atoms with Crippen molar-refractivity contribution < 1.29 is 4.42 Å². The van der Waals surface area contributed by atoms with E-state index >= 15 is 0 Å². The Bertz CT molecular complexity index is 663. The van der Waals surface area contributed by atoms with Crippen LogP contribution in [0.15, 0.2) is 33.1 Å². The predicted octanol–water partition coefficient (Wildman–Crippen LogP) is 2.62. The number of aryl methyl sites for hydroxylation is 1. The van der Waals surface area contributed by atoms with Crippen molar-refractivity contribution in [2.75, 3.05) is 26.2 Å². The lowest BCUT2D eigenvalue weighted by Crippen LogP contribution is -2.46. The van der Waals surface area contributed by atoms with Crippen molar-refractivity contribution in [1.82, 2.24) is 24.6 Å². The fourth-order valence-electron chi connectivity index (χ4n) is 3.75. The Morgan fingerprint density at radius 2 is 2.08 bits per heavy atom. The molecule has 0 saturated carbocycles. The molecule has 0 spiro atoms. The summed E-state index contributed by atoms with van der Waals surface area (Å²) in [6.45, 7) is 5.84. The molecule has 0 aliphatic carbocycles. The van der Waals surface area contributed by atoms with Gasteiger partial charge in [0.15, 0.2) is 10.2 Å². The fourth-order valence-corrected chi connectivity index (χ4v) is 4.50. The fraction of sp³-hybridized carbons (Fsp3) is 0.647. The molecule has 1 atom stereocenters. The monoisotopic (exact) mass is 347 g/mol. The molecule has 0 aromatic carbocycles. The molecule has 130 valence electrons. The molecule has 2 fully saturated rings. The number of rotatable bonds is 5. The molecule has 0 radical (unpaired) electrons. The van der Waals surface area contributed by atoms with Crippen molar-refractivity contribution in [3.63, 3.8) is 0 Å². The predicted molar refractivity (Wildman–Crippen MR) is 92.9 cm³/mol. The van der Waals surface area contributed by atoms with Crippen molar-refractivity contribution in [3.05, 3.63) is 24.2 Å². The van der Waals surface area contributed by atoms with E-state index in [1.165, 1.54) is 63.6 Å². The van der Waals surface area contributed by atoms with Crippen LogP contribution in [0.3, 0.4) is 0 Å². The lowest BCUT2D eigenvalue weighted by Gasteiger charge is -2.37. The van der Waals surface area contributed by atoms with E-state index < -0.39 is 0 Å². The van der Waals surface area contributed by atoms with Crippen LogP contribution >= 0.6 is 11.8 Å². The second-order valence-electron chi connectivity index (χ2n) is 6.82. The lowest BCUT2D eigenvalue weighted by atomic mass is 10.0. The number of piperidine rings is 1. The SMILES string of the molecule is Cn1cnnc1Sc1ccc(CN2CCCC(N3CCCC3)C2)o1. The highest BCUT2D eigenvalue weighted by Gasteiger charge is 2.27. The Hall–Kier alpha value is -1.31. The minimum Gasteiger partial charge on any atom is -0.453 e. The van der Waals surface area contributed by atoms with Crippen molar-refractivity contribution >= 4 is 11.8 Å². The van der Waals surface area contributed by atoms with E-state index in [2.05, 4.69) is 26.1 Å². The molecule has 2 aromatic heterocycles. The van der Waals surface area contributed by atoms with E-state index in [9.17, 15) is 0 Å². The van der Waals surface area contributed by atoms with Crippen LogP contribution < -0.4 is 0 Å². The summed E-state index contributed by atoms with van der Waals surface area (Å²) >= 11 is 1.52. The summed E-state index contributed by atoms with van der Waals surface area (Å²) in [7, 11) is 1.94. The molecule has 0 bridgehead atoms. The third kappa shape index (κ3) is 3.68. The summed E-state index contributed by atoms with van der Waals surface area (Å²) in [5.74, 6) is 1.04. The summed E-state index contributed by atoms with van der Waals surface area (Å²) in [5.41, 5.74) is 0. The second kappa shape index (κ2) is 7.29. The average molecular weight is 347 g/mol. The third-order valence-electron chi connectivity index (χ3n) is 5.02. The molecule has 0 amide bonds. The zero-order valence-electron chi connectivity index (χ0n) is 14.2. The van der Waals surface area contributed by atoms with Crippen LogP contribution in [0.2, 0.25) is 0 Å². The van der Waals surface area contributed by atoms with Gasteiger partial charge in [-0.15, -0.1) is 10.2 Å². The zero-order valence-corrected chi connectivity index (χ0v) is 15.0. The first kappa shape index (κ1) is 16.2. The minimum atomic E-state index is 0.740. The van der Waals surface area contributed by atoms with E-state index in [4.69, 9.17) is 4.42 Å². The number of hydrogen-bond acceptors (Lipinski definition) is 6. The molecule has 1 unspecified atom stereocenters. The van der Waals surface area contributed by atoms with Gasteiger partial charge in [-0.1, -0.05) is 0 Å². The van der Waals surface area contributed by atoms with E-state index in [1.807, 2.05) is 17.7 Å². The van der Waals surface area contributed by atoms with E-state index in [1.54, 1.807) is 6.33 Å². The molecule has 2 aliphatic heterocycles. The second-order valence-corrected chi connectivity index (χ2v) is 7.79. The summed E-state index contributed by atoms with van der Waals surface area (Å²) < 4.78 is 7.90. The molecular formula is C17H25N5OS. The van der Waals surface area contributed by atoms with Gasteiger partial charge in [-0.25, -0.2) is 0 Å². The van der Waals surface area contributed by atoms with Crippen molar-refractivity contribution in [3.8, 4) is 0 Å². The van der Waals surface area contributed by atoms with Crippen LogP contribution in [0.25, 0.3) is 0 Å². The highest BCUT2D eigenvalue weighted by Crippen LogP contribution is 2.28. The standard InChI is InChI=1S/C17H25N5OS/c1-20-13-18-19-17(20)24-16-7-6-15(23-16)12-21-8-4-5-14(11-21)22-9-2-3-10-22/h6-7,13-14H,2-5,8-12H2,1H3. The Kier molecular flexibility index (Phi) is 4.91. The van der Waals surface area contributed by atoms with Crippen LogP contribution in [0.4, 0.5) is 0 Å². The number of nitrogens with zero attached hydrogens (tertiary/aromatic N) is 5. The summed E-state index contributed by atoms with van der Waals surface area (Å²) in [4.78, 5) is 5.23. The Morgan fingerprint density at radius 1 is 1.21 bits per heavy atom. The molecule has 6 nitrogen and oxygen atoms in total. The van der Waals surface area contributed by atoms with Gasteiger partial charge in [0, 0.05) is 19.6 Å².